The van der Waals surface area contributed by atoms with E-state index in [-0.39, 0.29) is 29.9 Å². The molecule has 0 aromatic carbocycles. The van der Waals surface area contributed by atoms with Crippen LogP contribution in [-0.2, 0) is 45.9 Å². The Balaban J connectivity index is 0.00000442. The van der Waals surface area contributed by atoms with Crippen molar-refractivity contribution in [3.05, 3.63) is 88.7 Å². The molecule has 0 saturated carbocycles. The summed E-state index contributed by atoms with van der Waals surface area (Å²) < 4.78 is 1.95. The zero-order valence-electron chi connectivity index (χ0n) is 26.1. The monoisotopic (exact) mass is 641 g/mol. The Kier molecular flexibility index (Phi) is 9.62. The van der Waals surface area contributed by atoms with Crippen LogP contribution in [0, 0.1) is 20.8 Å². The number of nitrogens with zero attached hydrogens (tertiary/aromatic N) is 4. The Bertz CT molecular complexity index is 2010. The first-order valence-electron chi connectivity index (χ1n) is 14.8. The number of rotatable bonds is 8. The molecule has 9 heteroatoms. The third-order valence-electron chi connectivity index (χ3n) is 8.87. The molecule has 3 aromatic rings. The molecule has 3 aromatic heterocycles. The first-order valence-corrected chi connectivity index (χ1v) is 14.8. The van der Waals surface area contributed by atoms with Crippen LogP contribution < -0.4 is 36.3 Å². The van der Waals surface area contributed by atoms with Gasteiger partial charge < -0.3 is 25.2 Å². The summed E-state index contributed by atoms with van der Waals surface area (Å²) in [7, 11) is 0. The van der Waals surface area contributed by atoms with Gasteiger partial charge in [-0.3, -0.25) is 9.59 Å². The van der Waals surface area contributed by atoms with E-state index in [0.717, 1.165) is 84.9 Å². The number of carbonyl (C=O) groups is 2. The van der Waals surface area contributed by atoms with Crippen molar-refractivity contribution in [2.45, 2.75) is 80.1 Å². The van der Waals surface area contributed by atoms with Crippen LogP contribution in [0.25, 0.3) is 24.3 Å². The summed E-state index contributed by atoms with van der Waals surface area (Å²) in [6.45, 7) is 16.8. The number of fused-ring (bicyclic) bond motifs is 8. The molecule has 5 rings (SSSR count). The molecule has 235 valence electrons. The van der Waals surface area contributed by atoms with Gasteiger partial charge in [0.05, 0.1) is 0 Å². The predicted molar refractivity (Wildman–Crippen MR) is 167 cm³/mol. The van der Waals surface area contributed by atoms with Crippen LogP contribution in [-0.4, -0.2) is 33.4 Å². The molecule has 0 fully saturated rings. The quantitative estimate of drug-likeness (QED) is 0.285. The van der Waals surface area contributed by atoms with Gasteiger partial charge in [0.1, 0.15) is 6.72 Å². The molecule has 0 amide bonds. The summed E-state index contributed by atoms with van der Waals surface area (Å²) in [6, 6.07) is 0. The van der Waals surface area contributed by atoms with Gasteiger partial charge in [-0.15, -0.1) is 32.8 Å². The van der Waals surface area contributed by atoms with Crippen molar-refractivity contribution in [2.24, 2.45) is 0 Å². The second-order valence-electron chi connectivity index (χ2n) is 11.3. The van der Waals surface area contributed by atoms with Crippen molar-refractivity contribution in [3.63, 3.8) is 0 Å². The molecule has 2 aliphatic heterocycles. The van der Waals surface area contributed by atoms with E-state index in [4.69, 9.17) is 15.0 Å². The van der Waals surface area contributed by atoms with Crippen LogP contribution >= 0.6 is 0 Å². The minimum absolute atomic E-state index is 0. The van der Waals surface area contributed by atoms with Crippen LogP contribution in [0.5, 0.6) is 0 Å². The first kappa shape index (κ1) is 32.8. The molecule has 0 saturated heterocycles. The molecule has 8 nitrogen and oxygen atoms in total. The summed E-state index contributed by atoms with van der Waals surface area (Å²) in [5.74, 6) is -1.76. The van der Waals surface area contributed by atoms with Crippen molar-refractivity contribution >= 4 is 43.0 Å². The van der Waals surface area contributed by atoms with Crippen molar-refractivity contribution in [2.75, 3.05) is 0 Å². The third-order valence-corrected chi connectivity index (χ3v) is 8.87. The minimum Gasteiger partial charge on any atom is -0.657 e. The average Bonchev–Trinajstić information content (AvgIpc) is 3.59. The van der Waals surface area contributed by atoms with Gasteiger partial charge in [-0.05, 0) is 65.5 Å². The van der Waals surface area contributed by atoms with Crippen LogP contribution in [0.2, 0.25) is 0 Å². The van der Waals surface area contributed by atoms with Gasteiger partial charge in [-0.1, -0.05) is 59.4 Å². The van der Waals surface area contributed by atoms with E-state index in [1.807, 2.05) is 36.7 Å². The summed E-state index contributed by atoms with van der Waals surface area (Å²) in [5.41, 5.74) is 11.4. The smallest absolute Gasteiger partial charge is 0.303 e. The van der Waals surface area contributed by atoms with Crippen LogP contribution in [0.1, 0.15) is 84.8 Å². The van der Waals surface area contributed by atoms with E-state index in [9.17, 15) is 19.8 Å². The van der Waals surface area contributed by atoms with Gasteiger partial charge in [0, 0.05) is 41.1 Å². The van der Waals surface area contributed by atoms with Crippen LogP contribution in [0.4, 0.5) is 0 Å². The normalized spacial score (nSPS) is 16.4. The fourth-order valence-electron chi connectivity index (χ4n) is 6.36. The number of aromatic nitrogens is 3. The molecular weight excluding hydrogens is 604 g/mol. The maximum Gasteiger partial charge on any atom is 0.303 e. The Hall–Kier alpha value is -4.07. The van der Waals surface area contributed by atoms with Gasteiger partial charge in [-0.2, -0.15) is 4.58 Å². The van der Waals surface area contributed by atoms with Crippen molar-refractivity contribution in [3.8, 4) is 0 Å². The number of hydrogen-bond donors (Lipinski definition) is 2. The maximum atomic E-state index is 11.6. The van der Waals surface area contributed by atoms with E-state index in [1.54, 1.807) is 0 Å². The van der Waals surface area contributed by atoms with E-state index in [0.29, 0.717) is 23.9 Å². The van der Waals surface area contributed by atoms with Gasteiger partial charge in [-0.25, -0.2) is 0 Å². The second kappa shape index (κ2) is 12.9. The predicted octanol–water partition coefficient (Wildman–Crippen LogP) is 1.97. The van der Waals surface area contributed by atoms with Crippen molar-refractivity contribution in [1.82, 2.24) is 15.0 Å². The minimum atomic E-state index is -0.879. The summed E-state index contributed by atoms with van der Waals surface area (Å²) in [6.07, 6.45) is 10.3. The molecule has 0 unspecified atom stereocenters. The zero-order chi connectivity index (χ0) is 31.2. The molecule has 0 spiro atoms. The Labute approximate surface area is 267 Å². The summed E-state index contributed by atoms with van der Waals surface area (Å²) >= 11 is 0. The van der Waals surface area contributed by atoms with Crippen LogP contribution in [0.15, 0.2) is 22.5 Å². The van der Waals surface area contributed by atoms with E-state index < -0.39 is 11.9 Å². The largest absolute Gasteiger partial charge is 0.657 e. The first-order chi connectivity index (χ1) is 20.4. The molecule has 5 heterocycles. The standard InChI is InChI=1S/C35H38N4O4.Cu/c1-8-22-18(3)28-17-33-23(9-2)21(6)32(39(33)7)16-27-20(5)25(11-13-35(42)43)31(38-27)15-30-24(10-12-34(40)41)19(4)26(36-30)14-29(22)37-28;/h14-17H,7-13H2,1-6H3,(H,40,41)(H,42,43);/q-2;/b26-14?,27-16-,28-17-,29-14-,30-15?,31-15?,32-16?,33-17?;. The molecular formula is C35H38CuN4O4-2. The van der Waals surface area contributed by atoms with E-state index >= 15 is 0 Å². The molecule has 8 bridgehead atoms. The molecule has 1 radical (unpaired) electrons. The topological polar surface area (TPSA) is 120 Å². The molecule has 2 aliphatic rings. The average molecular weight is 642 g/mol. The van der Waals surface area contributed by atoms with E-state index in [1.165, 1.54) is 5.57 Å². The fourth-order valence-corrected chi connectivity index (χ4v) is 6.36. The SMILES string of the molecule is C=[N+]1C2=C(C)C(CC)=C1/C=c1\[n-]/c(c(CC)c1C)=C\c1[n-]c(c(CCC(=O)O)c1C)C=c1[n-]/c(c(C)c1CCC(=O)O)=C\2.[Cu]. The Morgan fingerprint density at radius 2 is 1.20 bits per heavy atom. The fraction of sp³-hybridized carbons (Fsp3) is 0.343. The van der Waals surface area contributed by atoms with Gasteiger partial charge in [0.15, 0.2) is 0 Å². The molecule has 44 heavy (non-hydrogen) atoms. The number of carboxylic acid groups (broad SMARTS) is 2. The number of allylic oxidation sites excluding steroid dienone is 4. The number of aliphatic carboxylic acids is 2. The van der Waals surface area contributed by atoms with Gasteiger partial charge in [0.25, 0.3) is 0 Å². The summed E-state index contributed by atoms with van der Waals surface area (Å²) in [5, 5.41) is 22.1. The number of hydrogen-bond acceptors (Lipinski definition) is 2. The Morgan fingerprint density at radius 3 is 1.77 bits per heavy atom. The van der Waals surface area contributed by atoms with Crippen LogP contribution in [0.3, 0.4) is 0 Å². The van der Waals surface area contributed by atoms with Gasteiger partial charge >= 0.3 is 11.9 Å². The molecule has 0 atom stereocenters. The summed E-state index contributed by atoms with van der Waals surface area (Å²) in [4.78, 5) is 38.2. The zero-order valence-corrected chi connectivity index (χ0v) is 27.0. The second-order valence-corrected chi connectivity index (χ2v) is 11.3. The van der Waals surface area contributed by atoms with E-state index in [2.05, 4.69) is 40.5 Å². The Morgan fingerprint density at radius 1 is 0.682 bits per heavy atom. The molecule has 2 N–H and O–H groups in total. The van der Waals surface area contributed by atoms with Gasteiger partial charge in [0.2, 0.25) is 11.4 Å². The molecule has 0 aliphatic carbocycles. The number of carboxylic acids is 2. The van der Waals surface area contributed by atoms with Crippen molar-refractivity contribution in [1.29, 1.82) is 0 Å². The third kappa shape index (κ3) is 5.86. The maximum absolute atomic E-state index is 11.6. The van der Waals surface area contributed by atoms with Crippen molar-refractivity contribution < 1.29 is 41.4 Å².